The summed E-state index contributed by atoms with van der Waals surface area (Å²) < 4.78 is 13.7. The molecule has 21 heavy (non-hydrogen) atoms. The Labute approximate surface area is 124 Å². The van der Waals surface area contributed by atoms with Crippen LogP contribution in [-0.2, 0) is 6.54 Å². The minimum absolute atomic E-state index is 0.0959. The van der Waals surface area contributed by atoms with Crippen LogP contribution in [0.15, 0.2) is 42.5 Å². The van der Waals surface area contributed by atoms with E-state index >= 15 is 0 Å². The SMILES string of the molecule is Cc1cc(C(N)=O)ccc1CNC(C)c1ccccc1F. The molecule has 0 saturated carbocycles. The number of benzene rings is 2. The van der Waals surface area contributed by atoms with E-state index in [9.17, 15) is 9.18 Å². The Morgan fingerprint density at radius 2 is 2.00 bits per heavy atom. The monoisotopic (exact) mass is 286 g/mol. The number of hydrogen-bond donors (Lipinski definition) is 2. The molecule has 0 spiro atoms. The zero-order chi connectivity index (χ0) is 15.4. The molecule has 1 amide bonds. The Bertz CT molecular complexity index is 655. The number of nitrogens with two attached hydrogens (primary N) is 1. The van der Waals surface area contributed by atoms with Crippen molar-refractivity contribution in [2.24, 2.45) is 5.73 Å². The van der Waals surface area contributed by atoms with Gasteiger partial charge >= 0.3 is 0 Å². The first-order chi connectivity index (χ1) is 9.99. The molecule has 0 aromatic heterocycles. The zero-order valence-corrected chi connectivity index (χ0v) is 12.2. The lowest BCUT2D eigenvalue weighted by Crippen LogP contribution is -2.20. The van der Waals surface area contributed by atoms with Gasteiger partial charge in [-0.15, -0.1) is 0 Å². The molecule has 0 aliphatic carbocycles. The van der Waals surface area contributed by atoms with E-state index < -0.39 is 5.91 Å². The van der Waals surface area contributed by atoms with Crippen molar-refractivity contribution >= 4 is 5.91 Å². The van der Waals surface area contributed by atoms with Crippen molar-refractivity contribution < 1.29 is 9.18 Å². The quantitative estimate of drug-likeness (QED) is 0.887. The van der Waals surface area contributed by atoms with Gasteiger partial charge in [0.05, 0.1) is 0 Å². The van der Waals surface area contributed by atoms with E-state index in [1.165, 1.54) is 6.07 Å². The fraction of sp³-hybridized carbons (Fsp3) is 0.235. The van der Waals surface area contributed by atoms with E-state index in [2.05, 4.69) is 5.32 Å². The lowest BCUT2D eigenvalue weighted by Gasteiger charge is -2.16. The van der Waals surface area contributed by atoms with Crippen molar-refractivity contribution in [3.8, 4) is 0 Å². The standard InChI is InChI=1S/C17H19FN2O/c1-11-9-13(17(19)21)7-8-14(11)10-20-12(2)15-5-3-4-6-16(15)18/h3-9,12,20H,10H2,1-2H3,(H2,19,21). The van der Waals surface area contributed by atoms with Crippen molar-refractivity contribution in [3.05, 3.63) is 70.5 Å². The molecular formula is C17H19FN2O. The van der Waals surface area contributed by atoms with E-state index in [0.717, 1.165) is 11.1 Å². The van der Waals surface area contributed by atoms with Gasteiger partial charge in [-0.3, -0.25) is 4.79 Å². The normalized spacial score (nSPS) is 12.1. The van der Waals surface area contributed by atoms with Crippen LogP contribution in [0.4, 0.5) is 4.39 Å². The molecule has 2 aromatic rings. The summed E-state index contributed by atoms with van der Waals surface area (Å²) >= 11 is 0. The number of nitrogens with one attached hydrogen (secondary N) is 1. The highest BCUT2D eigenvalue weighted by atomic mass is 19.1. The third-order valence-electron chi connectivity index (χ3n) is 3.60. The van der Waals surface area contributed by atoms with Crippen LogP contribution in [0.25, 0.3) is 0 Å². The Morgan fingerprint density at radius 1 is 1.29 bits per heavy atom. The summed E-state index contributed by atoms with van der Waals surface area (Å²) in [6.45, 7) is 4.45. The Kier molecular flexibility index (Phi) is 4.70. The van der Waals surface area contributed by atoms with Gasteiger partial charge in [-0.1, -0.05) is 24.3 Å². The summed E-state index contributed by atoms with van der Waals surface area (Å²) in [4.78, 5) is 11.1. The van der Waals surface area contributed by atoms with Crippen molar-refractivity contribution in [1.82, 2.24) is 5.32 Å². The number of carbonyl (C=O) groups excluding carboxylic acids is 1. The van der Waals surface area contributed by atoms with Crippen molar-refractivity contribution in [2.75, 3.05) is 0 Å². The second-order valence-electron chi connectivity index (χ2n) is 5.13. The van der Waals surface area contributed by atoms with Gasteiger partial charge in [0, 0.05) is 23.7 Å². The topological polar surface area (TPSA) is 55.1 Å². The van der Waals surface area contributed by atoms with Crippen molar-refractivity contribution in [1.29, 1.82) is 0 Å². The first-order valence-electron chi connectivity index (χ1n) is 6.86. The maximum atomic E-state index is 13.7. The van der Waals surface area contributed by atoms with Crippen LogP contribution in [0.2, 0.25) is 0 Å². The van der Waals surface area contributed by atoms with Gasteiger partial charge < -0.3 is 11.1 Å². The molecule has 1 atom stereocenters. The van der Waals surface area contributed by atoms with E-state index in [4.69, 9.17) is 5.73 Å². The molecule has 3 nitrogen and oxygen atoms in total. The second kappa shape index (κ2) is 6.50. The molecule has 2 aromatic carbocycles. The molecule has 1 unspecified atom stereocenters. The molecule has 0 aliphatic rings. The summed E-state index contributed by atoms with van der Waals surface area (Å²) in [6, 6.07) is 12.0. The van der Waals surface area contributed by atoms with Gasteiger partial charge in [-0.25, -0.2) is 4.39 Å². The highest BCUT2D eigenvalue weighted by Crippen LogP contribution is 2.18. The fourth-order valence-corrected chi connectivity index (χ4v) is 2.25. The van der Waals surface area contributed by atoms with Gasteiger partial charge in [0.15, 0.2) is 0 Å². The molecule has 0 saturated heterocycles. The number of carbonyl (C=O) groups is 1. The third kappa shape index (κ3) is 3.67. The highest BCUT2D eigenvalue weighted by Gasteiger charge is 2.10. The van der Waals surface area contributed by atoms with Gasteiger partial charge in [0.2, 0.25) is 5.91 Å². The first kappa shape index (κ1) is 15.2. The van der Waals surface area contributed by atoms with Crippen LogP contribution in [0.3, 0.4) is 0 Å². The summed E-state index contributed by atoms with van der Waals surface area (Å²) in [5, 5.41) is 3.29. The van der Waals surface area contributed by atoms with Crippen LogP contribution < -0.4 is 11.1 Å². The minimum Gasteiger partial charge on any atom is -0.366 e. The average molecular weight is 286 g/mol. The largest absolute Gasteiger partial charge is 0.366 e. The van der Waals surface area contributed by atoms with E-state index in [-0.39, 0.29) is 11.9 Å². The van der Waals surface area contributed by atoms with Crippen LogP contribution in [0.5, 0.6) is 0 Å². The van der Waals surface area contributed by atoms with E-state index in [0.29, 0.717) is 17.7 Å². The van der Waals surface area contributed by atoms with Gasteiger partial charge in [0.25, 0.3) is 0 Å². The molecule has 0 bridgehead atoms. The molecule has 110 valence electrons. The third-order valence-corrected chi connectivity index (χ3v) is 3.60. The Morgan fingerprint density at radius 3 is 2.62 bits per heavy atom. The molecule has 0 aliphatic heterocycles. The second-order valence-corrected chi connectivity index (χ2v) is 5.13. The van der Waals surface area contributed by atoms with Crippen LogP contribution in [-0.4, -0.2) is 5.91 Å². The lowest BCUT2D eigenvalue weighted by molar-refractivity contribution is 0.1000. The van der Waals surface area contributed by atoms with Crippen molar-refractivity contribution in [3.63, 3.8) is 0 Å². The highest BCUT2D eigenvalue weighted by molar-refractivity contribution is 5.93. The smallest absolute Gasteiger partial charge is 0.248 e. The van der Waals surface area contributed by atoms with Gasteiger partial charge in [-0.2, -0.15) is 0 Å². The lowest BCUT2D eigenvalue weighted by atomic mass is 10.0. The first-order valence-corrected chi connectivity index (χ1v) is 6.86. The molecule has 0 fully saturated rings. The van der Waals surface area contributed by atoms with Crippen LogP contribution in [0, 0.1) is 12.7 Å². The summed E-state index contributed by atoms with van der Waals surface area (Å²) in [5.74, 6) is -0.643. The van der Waals surface area contributed by atoms with Crippen LogP contribution in [0.1, 0.15) is 40.0 Å². The summed E-state index contributed by atoms with van der Waals surface area (Å²) in [5.41, 5.74) is 8.44. The number of amides is 1. The van der Waals surface area contributed by atoms with Gasteiger partial charge in [-0.05, 0) is 43.2 Å². The maximum Gasteiger partial charge on any atom is 0.248 e. The minimum atomic E-state index is -0.433. The van der Waals surface area contributed by atoms with Gasteiger partial charge in [0.1, 0.15) is 5.82 Å². The molecule has 3 N–H and O–H groups in total. The van der Waals surface area contributed by atoms with Crippen LogP contribution >= 0.6 is 0 Å². The molecule has 0 heterocycles. The molecular weight excluding hydrogens is 267 g/mol. The fourth-order valence-electron chi connectivity index (χ4n) is 2.25. The average Bonchev–Trinajstić information content (AvgIpc) is 2.46. The summed E-state index contributed by atoms with van der Waals surface area (Å²) in [6.07, 6.45) is 0. The number of halogens is 1. The predicted octanol–water partition coefficient (Wildman–Crippen LogP) is 3.08. The van der Waals surface area contributed by atoms with E-state index in [1.807, 2.05) is 26.0 Å². The molecule has 0 radical (unpaired) electrons. The predicted molar refractivity (Wildman–Crippen MR) is 81.4 cm³/mol. The number of hydrogen-bond acceptors (Lipinski definition) is 2. The van der Waals surface area contributed by atoms with Crippen molar-refractivity contribution in [2.45, 2.75) is 26.4 Å². The number of primary amides is 1. The molecule has 2 rings (SSSR count). The number of rotatable bonds is 5. The summed E-state index contributed by atoms with van der Waals surface area (Å²) in [7, 11) is 0. The number of aryl methyl sites for hydroxylation is 1. The Hall–Kier alpha value is -2.20. The molecule has 4 heteroatoms. The van der Waals surface area contributed by atoms with E-state index in [1.54, 1.807) is 24.3 Å². The zero-order valence-electron chi connectivity index (χ0n) is 12.2. The Balaban J connectivity index is 2.06. The maximum absolute atomic E-state index is 13.7.